The second kappa shape index (κ2) is 10.8. The van der Waals surface area contributed by atoms with Crippen LogP contribution in [0.5, 0.6) is 0 Å². The van der Waals surface area contributed by atoms with Crippen molar-refractivity contribution in [3.63, 3.8) is 0 Å². The average molecular weight is 490 g/mol. The molecule has 12 nitrogen and oxygen atoms in total. The molecule has 33 heavy (non-hydrogen) atoms. The third-order valence-electron chi connectivity index (χ3n) is 5.05. The van der Waals surface area contributed by atoms with Crippen molar-refractivity contribution in [3.8, 4) is 0 Å². The summed E-state index contributed by atoms with van der Waals surface area (Å²) in [4.78, 5) is 59.1. The van der Waals surface area contributed by atoms with Gasteiger partial charge in [0.25, 0.3) is 0 Å². The molecule has 0 radical (unpaired) electrons. The summed E-state index contributed by atoms with van der Waals surface area (Å²) >= 11 is 1.15. The maximum absolute atomic E-state index is 12.2. The number of Topliss-reactive ketones (excluding diaryl/α,β-unsaturated/α-hetero) is 1. The summed E-state index contributed by atoms with van der Waals surface area (Å²) in [6, 6.07) is 0. The third-order valence-corrected chi connectivity index (χ3v) is 6.51. The van der Waals surface area contributed by atoms with E-state index < -0.39 is 71.4 Å². The van der Waals surface area contributed by atoms with Gasteiger partial charge in [-0.05, 0) is 0 Å². The van der Waals surface area contributed by atoms with Crippen molar-refractivity contribution in [3.05, 3.63) is 0 Å². The number of rotatable bonds is 7. The minimum absolute atomic E-state index is 0.132. The number of ketones is 1. The smallest absolute Gasteiger partial charge is 0.303 e. The van der Waals surface area contributed by atoms with Crippen LogP contribution in [0.25, 0.3) is 0 Å². The Morgan fingerprint density at radius 3 is 2.09 bits per heavy atom. The predicted octanol–water partition coefficient (Wildman–Crippen LogP) is -0.114. The molecule has 3 aliphatic rings. The van der Waals surface area contributed by atoms with Gasteiger partial charge in [0.1, 0.15) is 18.1 Å². The molecule has 0 aromatic carbocycles. The van der Waals surface area contributed by atoms with Crippen LogP contribution in [-0.4, -0.2) is 90.4 Å². The molecule has 0 unspecified atom stereocenters. The van der Waals surface area contributed by atoms with E-state index in [0.717, 1.165) is 25.6 Å². The summed E-state index contributed by atoms with van der Waals surface area (Å²) in [6.07, 6.45) is -5.87. The monoisotopic (exact) mass is 490 g/mol. The molecule has 0 saturated carbocycles. The Balaban J connectivity index is 1.91. The van der Waals surface area contributed by atoms with Crippen molar-refractivity contribution in [1.29, 1.82) is 0 Å². The fourth-order valence-corrected chi connectivity index (χ4v) is 5.31. The van der Waals surface area contributed by atoms with Crippen LogP contribution in [-0.2, 0) is 57.1 Å². The molecule has 13 heteroatoms. The number of ether oxygens (including phenoxy) is 7. The Bertz CT molecular complexity index is 800. The molecule has 2 bridgehead atoms. The van der Waals surface area contributed by atoms with E-state index in [1.54, 1.807) is 0 Å². The molecule has 0 amide bonds. The summed E-state index contributed by atoms with van der Waals surface area (Å²) in [6.45, 7) is 4.56. The van der Waals surface area contributed by atoms with Gasteiger partial charge < -0.3 is 33.2 Å². The van der Waals surface area contributed by atoms with Gasteiger partial charge in [-0.15, -0.1) is 11.8 Å². The summed E-state index contributed by atoms with van der Waals surface area (Å²) in [7, 11) is 0. The van der Waals surface area contributed by atoms with E-state index >= 15 is 0 Å². The van der Waals surface area contributed by atoms with Gasteiger partial charge in [-0.2, -0.15) is 0 Å². The molecule has 3 rings (SSSR count). The number of carbonyl (C=O) groups excluding carboxylic acids is 5. The zero-order valence-electron chi connectivity index (χ0n) is 18.5. The van der Waals surface area contributed by atoms with Gasteiger partial charge in [-0.25, -0.2) is 0 Å². The quantitative estimate of drug-likeness (QED) is 0.345. The van der Waals surface area contributed by atoms with Crippen LogP contribution in [0.3, 0.4) is 0 Å². The van der Waals surface area contributed by atoms with Gasteiger partial charge in [0.05, 0.1) is 12.7 Å². The first kappa shape index (κ1) is 25.4. The number of hydrogen-bond donors (Lipinski definition) is 0. The lowest BCUT2D eigenvalue weighted by Gasteiger charge is -2.45. The van der Waals surface area contributed by atoms with Crippen molar-refractivity contribution in [1.82, 2.24) is 0 Å². The van der Waals surface area contributed by atoms with E-state index in [9.17, 15) is 24.0 Å². The lowest BCUT2D eigenvalue weighted by Crippen LogP contribution is -2.62. The number of esters is 4. The Hall–Kier alpha value is -2.22. The SMILES string of the molecule is CC(=O)OC[C@H]1O[C@@H](S[C@@H]2CC(=O)[C@@H]3OC[C@H]2O3)[C@H](OC(C)=O)[C@@H](OC(C)=O)[C@@H]1OC(C)=O. The first-order valence-electron chi connectivity index (χ1n) is 10.3. The molecular formula is C20H26O12S. The highest BCUT2D eigenvalue weighted by Gasteiger charge is 2.54. The molecule has 0 spiro atoms. The highest BCUT2D eigenvalue weighted by molar-refractivity contribution is 8.00. The number of fused-ring (bicyclic) bond motifs is 2. The lowest BCUT2D eigenvalue weighted by atomic mass is 9.99. The molecule has 3 heterocycles. The Kier molecular flexibility index (Phi) is 8.32. The summed E-state index contributed by atoms with van der Waals surface area (Å²) in [5, 5.41) is -0.406. The van der Waals surface area contributed by atoms with E-state index in [4.69, 9.17) is 33.2 Å². The second-order valence-corrected chi connectivity index (χ2v) is 9.09. The Morgan fingerprint density at radius 1 is 0.879 bits per heavy atom. The van der Waals surface area contributed by atoms with Crippen molar-refractivity contribution in [2.45, 2.75) is 81.6 Å². The molecule has 3 aliphatic heterocycles. The normalized spacial score (nSPS) is 35.5. The fourth-order valence-electron chi connectivity index (χ4n) is 3.82. The molecule has 184 valence electrons. The van der Waals surface area contributed by atoms with Gasteiger partial charge in [0.15, 0.2) is 24.1 Å². The van der Waals surface area contributed by atoms with Crippen LogP contribution in [0.15, 0.2) is 0 Å². The zero-order valence-corrected chi connectivity index (χ0v) is 19.4. The largest absolute Gasteiger partial charge is 0.463 e. The molecule has 3 fully saturated rings. The van der Waals surface area contributed by atoms with Crippen molar-refractivity contribution in [2.75, 3.05) is 13.2 Å². The van der Waals surface area contributed by atoms with Gasteiger partial charge in [0.2, 0.25) is 6.29 Å². The van der Waals surface area contributed by atoms with Gasteiger partial charge >= 0.3 is 23.9 Å². The molecular weight excluding hydrogens is 464 g/mol. The van der Waals surface area contributed by atoms with Gasteiger partial charge in [0, 0.05) is 39.4 Å². The third kappa shape index (κ3) is 6.43. The molecule has 0 aromatic heterocycles. The van der Waals surface area contributed by atoms with Crippen molar-refractivity contribution >= 4 is 41.4 Å². The van der Waals surface area contributed by atoms with Crippen molar-refractivity contribution < 1.29 is 57.1 Å². The van der Waals surface area contributed by atoms with E-state index in [-0.39, 0.29) is 25.4 Å². The summed E-state index contributed by atoms with van der Waals surface area (Å²) in [5.74, 6) is -2.94. The van der Waals surface area contributed by atoms with Crippen LogP contribution in [0.2, 0.25) is 0 Å². The summed E-state index contributed by atoms with van der Waals surface area (Å²) < 4.78 is 38.2. The van der Waals surface area contributed by atoms with Crippen LogP contribution < -0.4 is 0 Å². The zero-order chi connectivity index (χ0) is 24.3. The lowest BCUT2D eigenvalue weighted by molar-refractivity contribution is -0.237. The minimum Gasteiger partial charge on any atom is -0.463 e. The maximum Gasteiger partial charge on any atom is 0.303 e. The Labute approximate surface area is 193 Å². The molecule has 8 atom stereocenters. The number of carbonyl (C=O) groups is 5. The van der Waals surface area contributed by atoms with Gasteiger partial charge in [-0.3, -0.25) is 24.0 Å². The number of thioether (sulfide) groups is 1. The Morgan fingerprint density at radius 2 is 1.48 bits per heavy atom. The van der Waals surface area contributed by atoms with E-state index in [1.165, 1.54) is 13.8 Å². The first-order valence-corrected chi connectivity index (χ1v) is 11.2. The van der Waals surface area contributed by atoms with E-state index in [0.29, 0.717) is 0 Å². The molecule has 0 aliphatic carbocycles. The maximum atomic E-state index is 12.2. The molecule has 0 N–H and O–H groups in total. The van der Waals surface area contributed by atoms with Crippen LogP contribution in [0.1, 0.15) is 34.1 Å². The fraction of sp³-hybridized carbons (Fsp3) is 0.750. The van der Waals surface area contributed by atoms with Gasteiger partial charge in [-0.1, -0.05) is 0 Å². The second-order valence-electron chi connectivity index (χ2n) is 7.75. The summed E-state index contributed by atoms with van der Waals surface area (Å²) in [5.41, 5.74) is -0.968. The number of hydrogen-bond acceptors (Lipinski definition) is 13. The highest BCUT2D eigenvalue weighted by Crippen LogP contribution is 2.41. The van der Waals surface area contributed by atoms with Crippen LogP contribution in [0.4, 0.5) is 0 Å². The van der Waals surface area contributed by atoms with E-state index in [1.807, 2.05) is 0 Å². The topological polar surface area (TPSA) is 150 Å². The predicted molar refractivity (Wildman–Crippen MR) is 108 cm³/mol. The highest BCUT2D eigenvalue weighted by atomic mass is 32.2. The van der Waals surface area contributed by atoms with Crippen molar-refractivity contribution in [2.24, 2.45) is 0 Å². The average Bonchev–Trinajstić information content (AvgIpc) is 3.14. The molecule has 0 aromatic rings. The van der Waals surface area contributed by atoms with Crippen LogP contribution >= 0.6 is 11.8 Å². The molecule has 3 saturated heterocycles. The van der Waals surface area contributed by atoms with Crippen LogP contribution in [0, 0.1) is 0 Å². The standard InChI is InChI=1S/C20H26O12S/c1-8(21)26-7-14-16(28-9(2)22)17(29-10(3)23)18(30-11(4)24)20(32-14)33-15-5-12(25)19-27-6-13(15)31-19/h13-20H,5-7H2,1-4H3/t13-,14-,15-,16-,17+,18-,19-,20+/m1/s1. The van der Waals surface area contributed by atoms with E-state index in [2.05, 4.69) is 0 Å². The minimum atomic E-state index is -1.25. The first-order chi connectivity index (χ1) is 15.5.